The number of benzene rings is 3. The van der Waals surface area contributed by atoms with Gasteiger partial charge in [0, 0.05) is 11.1 Å². The molecule has 0 atom stereocenters. The van der Waals surface area contributed by atoms with E-state index in [9.17, 15) is 9.59 Å². The molecule has 0 aliphatic carbocycles. The van der Waals surface area contributed by atoms with Crippen LogP contribution in [0.5, 0.6) is 0 Å². The van der Waals surface area contributed by atoms with Crippen molar-refractivity contribution in [3.63, 3.8) is 0 Å². The molecule has 0 fully saturated rings. The number of tetrazole rings is 1. The smallest absolute Gasteiger partial charge is 0.281 e. The van der Waals surface area contributed by atoms with Gasteiger partial charge in [0.25, 0.3) is 5.91 Å². The van der Waals surface area contributed by atoms with Crippen LogP contribution < -0.4 is 9.80 Å². The van der Waals surface area contributed by atoms with Crippen molar-refractivity contribution in [3.05, 3.63) is 96.5 Å². The highest BCUT2D eigenvalue weighted by Gasteiger charge is 2.35. The van der Waals surface area contributed by atoms with Gasteiger partial charge in [-0.3, -0.25) is 14.5 Å². The number of aromatic amines is 1. The van der Waals surface area contributed by atoms with Gasteiger partial charge < -0.3 is 9.32 Å². The predicted molar refractivity (Wildman–Crippen MR) is 131 cm³/mol. The first-order valence-corrected chi connectivity index (χ1v) is 11.2. The Morgan fingerprint density at radius 2 is 1.64 bits per heavy atom. The molecule has 0 bridgehead atoms. The number of rotatable bonds is 5. The molecule has 6 rings (SSSR count). The number of aromatic nitrogens is 5. The fourth-order valence-electron chi connectivity index (χ4n) is 4.27. The number of oxazole rings is 1. The first-order valence-electron chi connectivity index (χ1n) is 11.2. The maximum absolute atomic E-state index is 13.7. The van der Waals surface area contributed by atoms with E-state index in [1.54, 1.807) is 29.2 Å². The lowest BCUT2D eigenvalue weighted by molar-refractivity contribution is -0.117. The number of nitrogens with one attached hydrogen (secondary N) is 1. The Labute approximate surface area is 205 Å². The van der Waals surface area contributed by atoms with Crippen LogP contribution >= 0.6 is 0 Å². The summed E-state index contributed by atoms with van der Waals surface area (Å²) in [4.78, 5) is 34.3. The van der Waals surface area contributed by atoms with Gasteiger partial charge in [-0.05, 0) is 22.9 Å². The molecule has 0 saturated heterocycles. The van der Waals surface area contributed by atoms with E-state index in [1.165, 1.54) is 11.3 Å². The lowest BCUT2D eigenvalue weighted by atomic mass is 10.1. The molecule has 1 aliphatic rings. The van der Waals surface area contributed by atoms with E-state index in [4.69, 9.17) is 4.42 Å². The quantitative estimate of drug-likeness (QED) is 0.409. The van der Waals surface area contributed by atoms with Crippen LogP contribution in [0, 0.1) is 0 Å². The van der Waals surface area contributed by atoms with Crippen molar-refractivity contribution in [2.24, 2.45) is 0 Å². The molecule has 0 radical (unpaired) electrons. The molecule has 0 saturated carbocycles. The Morgan fingerprint density at radius 3 is 2.39 bits per heavy atom. The molecule has 3 heterocycles. The number of fused-ring (bicyclic) bond motifs is 1. The molecular weight excluding hydrogens is 458 g/mol. The molecule has 5 aromatic rings. The summed E-state index contributed by atoms with van der Waals surface area (Å²) < 4.78 is 5.60. The Kier molecular flexibility index (Phi) is 5.30. The second-order valence-corrected chi connectivity index (χ2v) is 8.19. The summed E-state index contributed by atoms with van der Waals surface area (Å²) in [5.41, 5.74) is 3.85. The van der Waals surface area contributed by atoms with Crippen LogP contribution in [-0.4, -0.2) is 44.0 Å². The molecule has 1 N–H and O–H groups in total. The Bertz CT molecular complexity index is 1530. The first-order chi connectivity index (χ1) is 17.7. The molecular formula is C26H19N7O3. The first kappa shape index (κ1) is 21.4. The molecule has 2 amide bonds. The summed E-state index contributed by atoms with van der Waals surface area (Å²) in [6.07, 6.45) is 1.23. The van der Waals surface area contributed by atoms with Crippen LogP contribution in [-0.2, 0) is 11.3 Å². The zero-order chi connectivity index (χ0) is 24.5. The SMILES string of the molecule is O=C1CN(C(=O)c2ncoc2-c2ccc(-c3nn[nH]n3)cc2)c2ccccc2N1Cc1ccccc1. The molecule has 10 heteroatoms. The van der Waals surface area contributed by atoms with Crippen molar-refractivity contribution in [1.82, 2.24) is 25.6 Å². The minimum atomic E-state index is -0.416. The molecule has 0 spiro atoms. The maximum Gasteiger partial charge on any atom is 0.281 e. The number of hydrogen-bond acceptors (Lipinski definition) is 7. The van der Waals surface area contributed by atoms with Gasteiger partial charge in [0.05, 0.1) is 17.9 Å². The van der Waals surface area contributed by atoms with Crippen LogP contribution in [0.25, 0.3) is 22.7 Å². The predicted octanol–water partition coefficient (Wildman–Crippen LogP) is 3.72. The highest BCUT2D eigenvalue weighted by molar-refractivity contribution is 6.16. The van der Waals surface area contributed by atoms with Gasteiger partial charge in [-0.1, -0.05) is 66.7 Å². The molecule has 0 unspecified atom stereocenters. The van der Waals surface area contributed by atoms with E-state index in [2.05, 4.69) is 25.6 Å². The maximum atomic E-state index is 13.7. The summed E-state index contributed by atoms with van der Waals surface area (Å²) in [5.74, 6) is 0.178. The van der Waals surface area contributed by atoms with Crippen molar-refractivity contribution < 1.29 is 14.0 Å². The third-order valence-corrected chi connectivity index (χ3v) is 6.01. The second kappa shape index (κ2) is 8.91. The average molecular weight is 477 g/mol. The largest absolute Gasteiger partial charge is 0.443 e. The molecule has 10 nitrogen and oxygen atoms in total. The van der Waals surface area contributed by atoms with E-state index in [0.717, 1.165) is 11.1 Å². The van der Waals surface area contributed by atoms with Gasteiger partial charge >= 0.3 is 0 Å². The van der Waals surface area contributed by atoms with Crippen LogP contribution in [0.15, 0.2) is 89.7 Å². The van der Waals surface area contributed by atoms with Gasteiger partial charge in [-0.25, -0.2) is 4.98 Å². The third kappa shape index (κ3) is 3.80. The third-order valence-electron chi connectivity index (χ3n) is 6.01. The van der Waals surface area contributed by atoms with Gasteiger partial charge in [-0.15, -0.1) is 10.2 Å². The second-order valence-electron chi connectivity index (χ2n) is 8.19. The minimum absolute atomic E-state index is 0.105. The topological polar surface area (TPSA) is 121 Å². The zero-order valence-corrected chi connectivity index (χ0v) is 18.9. The highest BCUT2D eigenvalue weighted by atomic mass is 16.3. The van der Waals surface area contributed by atoms with Crippen molar-refractivity contribution in [1.29, 1.82) is 0 Å². The standard InChI is InChI=1S/C26H19N7O3/c34-22-15-33(21-9-5-4-8-20(21)32(22)14-17-6-2-1-3-7-17)26(35)23-24(36-16-27-23)18-10-12-19(13-11-18)25-28-30-31-29-25/h1-13,16H,14-15H2,(H,28,29,30,31). The number of H-pyrrole nitrogens is 1. The van der Waals surface area contributed by atoms with Gasteiger partial charge in [-0.2, -0.15) is 5.21 Å². The molecule has 36 heavy (non-hydrogen) atoms. The monoisotopic (exact) mass is 477 g/mol. The normalized spacial score (nSPS) is 13.1. The molecule has 1 aliphatic heterocycles. The van der Waals surface area contributed by atoms with Crippen molar-refractivity contribution >= 4 is 23.2 Å². The summed E-state index contributed by atoms with van der Waals surface area (Å²) >= 11 is 0. The van der Waals surface area contributed by atoms with Crippen LogP contribution in [0.1, 0.15) is 16.1 Å². The Balaban J connectivity index is 1.31. The van der Waals surface area contributed by atoms with E-state index < -0.39 is 5.91 Å². The number of nitrogens with zero attached hydrogens (tertiary/aromatic N) is 6. The number of para-hydroxylation sites is 2. The zero-order valence-electron chi connectivity index (χ0n) is 18.9. The molecule has 3 aromatic carbocycles. The fraction of sp³-hybridized carbons (Fsp3) is 0.0769. The van der Waals surface area contributed by atoms with Crippen molar-refractivity contribution in [2.45, 2.75) is 6.54 Å². The minimum Gasteiger partial charge on any atom is -0.443 e. The number of anilines is 2. The highest BCUT2D eigenvalue weighted by Crippen LogP contribution is 2.36. The lowest BCUT2D eigenvalue weighted by Crippen LogP contribution is -2.48. The summed E-state index contributed by atoms with van der Waals surface area (Å²) in [5, 5.41) is 13.9. The van der Waals surface area contributed by atoms with E-state index in [0.29, 0.717) is 35.1 Å². The number of hydrogen-bond donors (Lipinski definition) is 1. The van der Waals surface area contributed by atoms with Gasteiger partial charge in [0.1, 0.15) is 6.54 Å². The summed E-state index contributed by atoms with van der Waals surface area (Å²) in [6.45, 7) is 0.312. The van der Waals surface area contributed by atoms with Gasteiger partial charge in [0.15, 0.2) is 17.8 Å². The molecule has 176 valence electrons. The lowest BCUT2D eigenvalue weighted by Gasteiger charge is -2.36. The number of carbonyl (C=O) groups excluding carboxylic acids is 2. The van der Waals surface area contributed by atoms with E-state index in [1.807, 2.05) is 54.6 Å². The Hall–Kier alpha value is -5.12. The van der Waals surface area contributed by atoms with Crippen molar-refractivity contribution in [2.75, 3.05) is 16.3 Å². The van der Waals surface area contributed by atoms with E-state index in [-0.39, 0.29) is 18.1 Å². The van der Waals surface area contributed by atoms with Crippen LogP contribution in [0.4, 0.5) is 11.4 Å². The molecule has 2 aromatic heterocycles. The Morgan fingerprint density at radius 1 is 0.917 bits per heavy atom. The summed E-state index contributed by atoms with van der Waals surface area (Å²) in [6, 6.07) is 24.3. The van der Waals surface area contributed by atoms with E-state index >= 15 is 0 Å². The van der Waals surface area contributed by atoms with Crippen LogP contribution in [0.2, 0.25) is 0 Å². The van der Waals surface area contributed by atoms with Gasteiger partial charge in [0.2, 0.25) is 11.7 Å². The average Bonchev–Trinajstić information content (AvgIpc) is 3.63. The fourth-order valence-corrected chi connectivity index (χ4v) is 4.27. The summed E-state index contributed by atoms with van der Waals surface area (Å²) in [7, 11) is 0. The number of amides is 2. The number of carbonyl (C=O) groups is 2. The van der Waals surface area contributed by atoms with Crippen LogP contribution in [0.3, 0.4) is 0 Å². The van der Waals surface area contributed by atoms with Crippen molar-refractivity contribution in [3.8, 4) is 22.7 Å².